The fourth-order valence-electron chi connectivity index (χ4n) is 2.75. The maximum absolute atomic E-state index is 12.6. The summed E-state index contributed by atoms with van der Waals surface area (Å²) in [5.41, 5.74) is 0.279. The van der Waals surface area contributed by atoms with Gasteiger partial charge in [0.05, 0.1) is 6.42 Å². The van der Waals surface area contributed by atoms with E-state index in [2.05, 4.69) is 10.6 Å². The summed E-state index contributed by atoms with van der Waals surface area (Å²) in [6, 6.07) is 5.00. The SMILES string of the molecule is CCCCCNC(=O)[C@H](Cc1ccc(OCC#N)c(C(=O)O)c1)NC(=O)CCC(=O)O. The van der Waals surface area contributed by atoms with E-state index in [1.54, 1.807) is 12.1 Å². The van der Waals surface area contributed by atoms with E-state index in [1.807, 2.05) is 6.92 Å². The van der Waals surface area contributed by atoms with E-state index >= 15 is 0 Å². The number of ether oxygens (including phenoxy) is 1. The Morgan fingerprint density at radius 3 is 2.52 bits per heavy atom. The summed E-state index contributed by atoms with van der Waals surface area (Å²) < 4.78 is 5.10. The zero-order valence-electron chi connectivity index (χ0n) is 17.3. The number of hydrogen-bond acceptors (Lipinski definition) is 6. The van der Waals surface area contributed by atoms with Gasteiger partial charge in [0, 0.05) is 19.4 Å². The average Bonchev–Trinajstić information content (AvgIpc) is 2.73. The van der Waals surface area contributed by atoms with Crippen LogP contribution in [0.25, 0.3) is 0 Å². The molecule has 10 nitrogen and oxygen atoms in total. The van der Waals surface area contributed by atoms with Gasteiger partial charge < -0.3 is 25.6 Å². The largest absolute Gasteiger partial charge is 0.481 e. The highest BCUT2D eigenvalue weighted by Gasteiger charge is 2.22. The number of carboxylic acids is 2. The van der Waals surface area contributed by atoms with E-state index in [0.29, 0.717) is 12.1 Å². The van der Waals surface area contributed by atoms with Gasteiger partial charge in [-0.15, -0.1) is 0 Å². The molecule has 0 fully saturated rings. The molecule has 10 heteroatoms. The van der Waals surface area contributed by atoms with Gasteiger partial charge in [-0.2, -0.15) is 5.26 Å². The molecule has 1 atom stereocenters. The smallest absolute Gasteiger partial charge is 0.339 e. The number of carbonyl (C=O) groups is 4. The number of nitrogens with zero attached hydrogens (tertiary/aromatic N) is 1. The summed E-state index contributed by atoms with van der Waals surface area (Å²) >= 11 is 0. The summed E-state index contributed by atoms with van der Waals surface area (Å²) in [6.45, 7) is 2.13. The van der Waals surface area contributed by atoms with Crippen LogP contribution in [0.5, 0.6) is 5.75 Å². The Balaban J connectivity index is 2.98. The van der Waals surface area contributed by atoms with Crippen molar-refractivity contribution in [1.29, 1.82) is 5.26 Å². The maximum Gasteiger partial charge on any atom is 0.339 e. The first-order chi connectivity index (χ1) is 14.8. The fourth-order valence-corrected chi connectivity index (χ4v) is 2.75. The monoisotopic (exact) mass is 433 g/mol. The Hall–Kier alpha value is -3.61. The number of rotatable bonds is 14. The highest BCUT2D eigenvalue weighted by atomic mass is 16.5. The summed E-state index contributed by atoms with van der Waals surface area (Å²) in [5.74, 6) is -3.41. The van der Waals surface area contributed by atoms with E-state index in [1.165, 1.54) is 12.1 Å². The Morgan fingerprint density at radius 1 is 1.16 bits per heavy atom. The topological polar surface area (TPSA) is 166 Å². The minimum atomic E-state index is -1.26. The molecule has 0 unspecified atom stereocenters. The third-order valence-corrected chi connectivity index (χ3v) is 4.30. The van der Waals surface area contributed by atoms with Crippen LogP contribution < -0.4 is 15.4 Å². The maximum atomic E-state index is 12.6. The highest BCUT2D eigenvalue weighted by Crippen LogP contribution is 2.21. The first kappa shape index (κ1) is 25.4. The summed E-state index contributed by atoms with van der Waals surface area (Å²) in [5, 5.41) is 32.0. The standard InChI is InChI=1S/C21H27N3O7/c1-2-3-4-10-23-20(28)16(24-18(25)7-8-19(26)27)13-14-5-6-17(31-11-9-22)15(12-14)21(29)30/h5-6,12,16H,2-4,7-8,10-11,13H2,1H3,(H,23,28)(H,24,25)(H,26,27)(H,29,30)/t16-/m0/s1. The minimum absolute atomic E-state index is 0.00275. The fraction of sp³-hybridized carbons (Fsp3) is 0.476. The van der Waals surface area contributed by atoms with Crippen molar-refractivity contribution in [3.63, 3.8) is 0 Å². The van der Waals surface area contributed by atoms with Gasteiger partial charge in [-0.3, -0.25) is 14.4 Å². The average molecular weight is 433 g/mol. The number of aromatic carboxylic acids is 1. The molecular formula is C21H27N3O7. The number of nitrogens with one attached hydrogen (secondary N) is 2. The molecule has 2 amide bonds. The predicted molar refractivity (Wildman–Crippen MR) is 110 cm³/mol. The van der Waals surface area contributed by atoms with Crippen LogP contribution in [0.2, 0.25) is 0 Å². The van der Waals surface area contributed by atoms with Crippen LogP contribution in [0.3, 0.4) is 0 Å². The lowest BCUT2D eigenvalue weighted by molar-refractivity contribution is -0.139. The van der Waals surface area contributed by atoms with Gasteiger partial charge in [0.25, 0.3) is 0 Å². The van der Waals surface area contributed by atoms with Crippen LogP contribution in [0.15, 0.2) is 18.2 Å². The van der Waals surface area contributed by atoms with Gasteiger partial charge in [-0.05, 0) is 24.1 Å². The zero-order valence-corrected chi connectivity index (χ0v) is 17.3. The number of amides is 2. The molecule has 168 valence electrons. The Kier molecular flexibility index (Phi) is 11.1. The number of aliphatic carboxylic acids is 1. The first-order valence-corrected chi connectivity index (χ1v) is 9.93. The van der Waals surface area contributed by atoms with Crippen molar-refractivity contribution in [3.8, 4) is 11.8 Å². The first-order valence-electron chi connectivity index (χ1n) is 9.93. The Labute approximate surface area is 180 Å². The van der Waals surface area contributed by atoms with Crippen LogP contribution in [-0.4, -0.2) is 53.2 Å². The molecule has 0 bridgehead atoms. The van der Waals surface area contributed by atoms with Gasteiger partial charge in [0.1, 0.15) is 23.4 Å². The molecule has 31 heavy (non-hydrogen) atoms. The number of benzene rings is 1. The van der Waals surface area contributed by atoms with Crippen molar-refractivity contribution in [3.05, 3.63) is 29.3 Å². The van der Waals surface area contributed by atoms with Crippen molar-refractivity contribution in [1.82, 2.24) is 10.6 Å². The molecule has 0 spiro atoms. The Morgan fingerprint density at radius 2 is 1.90 bits per heavy atom. The van der Waals surface area contributed by atoms with Crippen LogP contribution >= 0.6 is 0 Å². The minimum Gasteiger partial charge on any atom is -0.481 e. The molecule has 0 radical (unpaired) electrons. The van der Waals surface area contributed by atoms with E-state index in [9.17, 15) is 24.3 Å². The van der Waals surface area contributed by atoms with Crippen molar-refractivity contribution in [2.24, 2.45) is 0 Å². The number of carboxylic acid groups (broad SMARTS) is 2. The molecule has 0 aromatic heterocycles. The van der Waals surface area contributed by atoms with Gasteiger partial charge in [-0.25, -0.2) is 4.79 Å². The van der Waals surface area contributed by atoms with E-state index < -0.39 is 29.8 Å². The van der Waals surface area contributed by atoms with Crippen LogP contribution in [0, 0.1) is 11.3 Å². The number of unbranched alkanes of at least 4 members (excludes halogenated alkanes) is 2. The number of nitriles is 1. The number of hydrogen-bond donors (Lipinski definition) is 4. The third kappa shape index (κ3) is 9.62. The second-order valence-electron chi connectivity index (χ2n) is 6.80. The molecule has 1 aromatic rings. The second-order valence-corrected chi connectivity index (χ2v) is 6.80. The van der Waals surface area contributed by atoms with E-state index in [4.69, 9.17) is 15.1 Å². The van der Waals surface area contributed by atoms with Crippen LogP contribution in [0.1, 0.15) is 54.9 Å². The van der Waals surface area contributed by atoms with Crippen molar-refractivity contribution in [2.75, 3.05) is 13.2 Å². The van der Waals surface area contributed by atoms with E-state index in [-0.39, 0.29) is 37.2 Å². The lowest BCUT2D eigenvalue weighted by Crippen LogP contribution is -2.48. The van der Waals surface area contributed by atoms with Gasteiger partial charge in [-0.1, -0.05) is 25.8 Å². The normalized spacial score (nSPS) is 11.1. The lowest BCUT2D eigenvalue weighted by atomic mass is 10.0. The summed E-state index contributed by atoms with van der Waals surface area (Å²) in [7, 11) is 0. The van der Waals surface area contributed by atoms with E-state index in [0.717, 1.165) is 19.3 Å². The molecule has 0 aliphatic heterocycles. The van der Waals surface area contributed by atoms with Gasteiger partial charge >= 0.3 is 11.9 Å². The molecule has 0 aliphatic rings. The molecule has 0 saturated carbocycles. The molecular weight excluding hydrogens is 406 g/mol. The molecule has 4 N–H and O–H groups in total. The lowest BCUT2D eigenvalue weighted by Gasteiger charge is -2.19. The van der Waals surface area contributed by atoms with Crippen LogP contribution in [-0.2, 0) is 20.8 Å². The molecule has 0 aliphatic carbocycles. The summed E-state index contributed by atoms with van der Waals surface area (Å²) in [4.78, 5) is 46.9. The quantitative estimate of drug-likeness (QED) is 0.320. The van der Waals surface area contributed by atoms with Crippen molar-refractivity contribution in [2.45, 2.75) is 51.5 Å². The molecule has 1 rings (SSSR count). The number of carbonyl (C=O) groups excluding carboxylic acids is 2. The van der Waals surface area contributed by atoms with Crippen LogP contribution in [0.4, 0.5) is 0 Å². The highest BCUT2D eigenvalue weighted by molar-refractivity contribution is 5.91. The molecule has 0 saturated heterocycles. The third-order valence-electron chi connectivity index (χ3n) is 4.30. The van der Waals surface area contributed by atoms with Crippen molar-refractivity contribution >= 4 is 23.8 Å². The van der Waals surface area contributed by atoms with Crippen molar-refractivity contribution < 1.29 is 34.1 Å². The van der Waals surface area contributed by atoms with Gasteiger partial charge in [0.15, 0.2) is 6.61 Å². The zero-order chi connectivity index (χ0) is 23.2. The predicted octanol–water partition coefficient (Wildman–Crippen LogP) is 1.49. The Bertz CT molecular complexity index is 833. The van der Waals surface area contributed by atoms with Gasteiger partial charge in [0.2, 0.25) is 11.8 Å². The summed E-state index contributed by atoms with van der Waals surface area (Å²) in [6.07, 6.45) is 2.03. The second kappa shape index (κ2) is 13.6. The molecule has 0 heterocycles. The molecule has 1 aromatic carbocycles.